The van der Waals surface area contributed by atoms with E-state index in [0.29, 0.717) is 23.7 Å². The van der Waals surface area contributed by atoms with Crippen molar-refractivity contribution in [1.82, 2.24) is 10.3 Å². The normalized spacial score (nSPS) is 14.1. The van der Waals surface area contributed by atoms with Gasteiger partial charge in [-0.3, -0.25) is 4.79 Å². The van der Waals surface area contributed by atoms with Gasteiger partial charge in [-0.1, -0.05) is 11.3 Å². The van der Waals surface area contributed by atoms with Crippen LogP contribution >= 0.6 is 11.3 Å². The summed E-state index contributed by atoms with van der Waals surface area (Å²) in [5.74, 6) is 5.87. The van der Waals surface area contributed by atoms with E-state index < -0.39 is 0 Å². The number of hydrogen-bond acceptors (Lipinski definition) is 5. The Morgan fingerprint density at radius 1 is 1.53 bits per heavy atom. The third kappa shape index (κ3) is 3.38. The first-order chi connectivity index (χ1) is 9.22. The number of rotatable bonds is 4. The molecule has 1 amide bonds. The van der Waals surface area contributed by atoms with Gasteiger partial charge >= 0.3 is 0 Å². The molecule has 3 N–H and O–H groups in total. The lowest BCUT2D eigenvalue weighted by Crippen LogP contribution is -2.24. The lowest BCUT2D eigenvalue weighted by Gasteiger charge is -2.11. The average molecular weight is 278 g/mol. The Bertz CT molecular complexity index is 508. The number of aromatic nitrogens is 1. The van der Waals surface area contributed by atoms with Crippen molar-refractivity contribution in [2.75, 3.05) is 30.3 Å². The van der Waals surface area contributed by atoms with Crippen molar-refractivity contribution in [3.63, 3.8) is 0 Å². The number of nitrogen functional groups attached to an aromatic ring is 1. The molecule has 1 aliphatic rings. The van der Waals surface area contributed by atoms with E-state index >= 15 is 0 Å². The minimum Gasteiger partial charge on any atom is -0.382 e. The van der Waals surface area contributed by atoms with Crippen LogP contribution in [0.4, 0.5) is 10.9 Å². The first-order valence-electron chi connectivity index (χ1n) is 6.41. The Hall–Kier alpha value is -1.74. The molecule has 1 aromatic rings. The van der Waals surface area contributed by atoms with Gasteiger partial charge in [0.1, 0.15) is 10.7 Å². The fourth-order valence-corrected chi connectivity index (χ4v) is 2.92. The van der Waals surface area contributed by atoms with E-state index in [-0.39, 0.29) is 5.91 Å². The lowest BCUT2D eigenvalue weighted by atomic mass is 10.4. The van der Waals surface area contributed by atoms with Crippen LogP contribution in [0, 0.1) is 11.8 Å². The maximum atomic E-state index is 12.0. The fraction of sp³-hybridized carbons (Fsp3) is 0.538. The molecule has 2 heterocycles. The molecule has 0 aromatic carbocycles. The van der Waals surface area contributed by atoms with Crippen LogP contribution in [0.5, 0.6) is 0 Å². The van der Waals surface area contributed by atoms with Gasteiger partial charge < -0.3 is 16.0 Å². The molecule has 0 saturated carbocycles. The Labute approximate surface area is 117 Å². The maximum Gasteiger partial charge on any atom is 0.265 e. The summed E-state index contributed by atoms with van der Waals surface area (Å²) in [5.41, 5.74) is 5.82. The zero-order valence-electron chi connectivity index (χ0n) is 11.0. The van der Waals surface area contributed by atoms with Gasteiger partial charge in [-0.05, 0) is 19.8 Å². The van der Waals surface area contributed by atoms with Gasteiger partial charge in [0.25, 0.3) is 5.91 Å². The van der Waals surface area contributed by atoms with E-state index in [0.717, 1.165) is 18.2 Å². The van der Waals surface area contributed by atoms with Gasteiger partial charge in [-0.25, -0.2) is 4.98 Å². The first kappa shape index (κ1) is 13.7. The standard InChI is InChI=1S/C13H18N4OS/c1-2-3-4-7-15-12(18)10-11(14)16-13(19-10)17-8-5-6-9-17/h4-9,14H2,1H3,(H,15,18). The monoisotopic (exact) mass is 278 g/mol. The Balaban J connectivity index is 1.98. The number of nitrogens with two attached hydrogens (primary N) is 1. The molecule has 1 aromatic heterocycles. The van der Waals surface area contributed by atoms with E-state index in [4.69, 9.17) is 5.73 Å². The molecule has 1 fully saturated rings. The summed E-state index contributed by atoms with van der Waals surface area (Å²) >= 11 is 1.37. The number of anilines is 2. The number of carbonyl (C=O) groups is 1. The van der Waals surface area contributed by atoms with Crippen LogP contribution in [0.3, 0.4) is 0 Å². The summed E-state index contributed by atoms with van der Waals surface area (Å²) in [6.07, 6.45) is 3.01. The lowest BCUT2D eigenvalue weighted by molar-refractivity contribution is 0.0959. The highest BCUT2D eigenvalue weighted by atomic mass is 32.1. The predicted octanol–water partition coefficient (Wildman–Crippen LogP) is 1.47. The van der Waals surface area contributed by atoms with Crippen molar-refractivity contribution >= 4 is 28.2 Å². The average Bonchev–Trinajstić information content (AvgIpc) is 3.03. The molecule has 0 spiro atoms. The number of thiazole rings is 1. The van der Waals surface area contributed by atoms with Crippen molar-refractivity contribution in [2.24, 2.45) is 0 Å². The molecule has 6 heteroatoms. The second kappa shape index (κ2) is 6.43. The van der Waals surface area contributed by atoms with Gasteiger partial charge in [-0.2, -0.15) is 0 Å². The molecule has 102 valence electrons. The van der Waals surface area contributed by atoms with E-state index in [2.05, 4.69) is 27.0 Å². The van der Waals surface area contributed by atoms with Gasteiger partial charge in [0.15, 0.2) is 5.13 Å². The quantitative estimate of drug-likeness (QED) is 0.646. The Morgan fingerprint density at radius 2 is 2.26 bits per heavy atom. The number of nitrogens with zero attached hydrogens (tertiary/aromatic N) is 2. The zero-order chi connectivity index (χ0) is 13.7. The summed E-state index contributed by atoms with van der Waals surface area (Å²) in [6, 6.07) is 0. The van der Waals surface area contributed by atoms with Crippen molar-refractivity contribution in [1.29, 1.82) is 0 Å². The van der Waals surface area contributed by atoms with Crippen molar-refractivity contribution in [3.8, 4) is 11.8 Å². The number of nitrogens with one attached hydrogen (secondary N) is 1. The van der Waals surface area contributed by atoms with Gasteiger partial charge in [-0.15, -0.1) is 11.8 Å². The van der Waals surface area contributed by atoms with Gasteiger partial charge in [0.2, 0.25) is 0 Å². The third-order valence-corrected chi connectivity index (χ3v) is 4.07. The molecule has 2 rings (SSSR count). The summed E-state index contributed by atoms with van der Waals surface area (Å²) in [7, 11) is 0. The van der Waals surface area contributed by atoms with Crippen molar-refractivity contribution in [3.05, 3.63) is 4.88 Å². The molecule has 0 atom stereocenters. The number of carbonyl (C=O) groups excluding carboxylic acids is 1. The predicted molar refractivity (Wildman–Crippen MR) is 78.4 cm³/mol. The molecule has 0 unspecified atom stereocenters. The van der Waals surface area contributed by atoms with Crippen molar-refractivity contribution in [2.45, 2.75) is 26.2 Å². The van der Waals surface area contributed by atoms with Crippen LogP contribution in [0.15, 0.2) is 0 Å². The second-order valence-electron chi connectivity index (χ2n) is 4.34. The number of hydrogen-bond donors (Lipinski definition) is 2. The van der Waals surface area contributed by atoms with E-state index in [1.807, 2.05) is 0 Å². The van der Waals surface area contributed by atoms with E-state index in [1.54, 1.807) is 6.92 Å². The summed E-state index contributed by atoms with van der Waals surface area (Å²) in [5, 5.41) is 3.66. The third-order valence-electron chi connectivity index (χ3n) is 2.94. The molecule has 0 bridgehead atoms. The van der Waals surface area contributed by atoms with Crippen LogP contribution in [0.2, 0.25) is 0 Å². The Kier molecular flexibility index (Phi) is 4.63. The number of amides is 1. The van der Waals surface area contributed by atoms with Gasteiger partial charge in [0, 0.05) is 26.1 Å². The SMILES string of the molecule is CC#CCCNC(=O)c1sc(N2CCCC2)nc1N. The zero-order valence-corrected chi connectivity index (χ0v) is 11.8. The van der Waals surface area contributed by atoms with Gasteiger partial charge in [0.05, 0.1) is 0 Å². The maximum absolute atomic E-state index is 12.0. The van der Waals surface area contributed by atoms with Crippen molar-refractivity contribution < 1.29 is 4.79 Å². The van der Waals surface area contributed by atoms with Crippen LogP contribution in [0.1, 0.15) is 35.9 Å². The molecular weight excluding hydrogens is 260 g/mol. The van der Waals surface area contributed by atoms with E-state index in [9.17, 15) is 4.79 Å². The Morgan fingerprint density at radius 3 is 2.95 bits per heavy atom. The highest BCUT2D eigenvalue weighted by Crippen LogP contribution is 2.30. The minimum atomic E-state index is -0.154. The molecule has 1 saturated heterocycles. The molecule has 0 aliphatic carbocycles. The summed E-state index contributed by atoms with van der Waals surface area (Å²) in [6.45, 7) is 4.32. The molecule has 19 heavy (non-hydrogen) atoms. The largest absolute Gasteiger partial charge is 0.382 e. The first-order valence-corrected chi connectivity index (χ1v) is 7.23. The second-order valence-corrected chi connectivity index (χ2v) is 5.32. The molecule has 1 aliphatic heterocycles. The summed E-state index contributed by atoms with van der Waals surface area (Å²) < 4.78 is 0. The molecule has 0 radical (unpaired) electrons. The van der Waals surface area contributed by atoms with E-state index in [1.165, 1.54) is 24.2 Å². The molecule has 5 nitrogen and oxygen atoms in total. The highest BCUT2D eigenvalue weighted by Gasteiger charge is 2.21. The van der Waals surface area contributed by atoms with Crippen LogP contribution in [0.25, 0.3) is 0 Å². The van der Waals surface area contributed by atoms with Crippen LogP contribution in [-0.4, -0.2) is 30.5 Å². The van der Waals surface area contributed by atoms with Crippen LogP contribution in [-0.2, 0) is 0 Å². The minimum absolute atomic E-state index is 0.154. The smallest absolute Gasteiger partial charge is 0.265 e. The summed E-state index contributed by atoms with van der Waals surface area (Å²) in [4.78, 5) is 18.9. The molecular formula is C13H18N4OS. The fourth-order valence-electron chi connectivity index (χ4n) is 1.97. The van der Waals surface area contributed by atoms with Crippen LogP contribution < -0.4 is 16.0 Å². The topological polar surface area (TPSA) is 71.2 Å². The highest BCUT2D eigenvalue weighted by molar-refractivity contribution is 7.18.